The van der Waals surface area contributed by atoms with E-state index in [1.807, 2.05) is 25.2 Å². The molecular formula is C12H11N5O. The first-order chi connectivity index (χ1) is 8.69. The maximum atomic E-state index is 11.3. The highest BCUT2D eigenvalue weighted by Crippen LogP contribution is 2.10. The highest BCUT2D eigenvalue weighted by molar-refractivity contribution is 5.41. The zero-order valence-electron chi connectivity index (χ0n) is 9.79. The average Bonchev–Trinajstić information content (AvgIpc) is 2.39. The molecule has 2 heterocycles. The van der Waals surface area contributed by atoms with Crippen LogP contribution in [-0.2, 0) is 6.54 Å². The number of hydrogen-bond acceptors (Lipinski definition) is 5. The number of nitrogens with zero attached hydrogens (tertiary/aromatic N) is 4. The van der Waals surface area contributed by atoms with Crippen LogP contribution in [-0.4, -0.2) is 22.0 Å². The second-order valence-electron chi connectivity index (χ2n) is 3.78. The van der Waals surface area contributed by atoms with Crippen LogP contribution in [0.15, 0.2) is 35.4 Å². The fourth-order valence-corrected chi connectivity index (χ4v) is 1.54. The minimum Gasteiger partial charge on any atom is -0.355 e. The van der Waals surface area contributed by atoms with E-state index in [4.69, 9.17) is 5.26 Å². The van der Waals surface area contributed by atoms with Gasteiger partial charge in [-0.2, -0.15) is 10.2 Å². The average molecular weight is 241 g/mol. The van der Waals surface area contributed by atoms with E-state index >= 15 is 0 Å². The van der Waals surface area contributed by atoms with E-state index in [2.05, 4.69) is 15.0 Å². The van der Waals surface area contributed by atoms with Gasteiger partial charge in [-0.05, 0) is 17.7 Å². The fraction of sp³-hybridized carbons (Fsp3) is 0.167. The van der Waals surface area contributed by atoms with Gasteiger partial charge in [0.1, 0.15) is 17.6 Å². The van der Waals surface area contributed by atoms with E-state index in [0.717, 1.165) is 5.56 Å². The Balaban J connectivity index is 2.24. The molecule has 2 aromatic heterocycles. The van der Waals surface area contributed by atoms with Gasteiger partial charge < -0.3 is 4.90 Å². The Morgan fingerprint density at radius 1 is 1.44 bits per heavy atom. The monoisotopic (exact) mass is 241 g/mol. The summed E-state index contributed by atoms with van der Waals surface area (Å²) in [4.78, 5) is 23.2. The molecule has 0 amide bonds. The van der Waals surface area contributed by atoms with Crippen molar-refractivity contribution >= 4 is 5.82 Å². The van der Waals surface area contributed by atoms with Crippen molar-refractivity contribution in [1.82, 2.24) is 15.0 Å². The summed E-state index contributed by atoms with van der Waals surface area (Å²) in [6.07, 6.45) is 3.41. The van der Waals surface area contributed by atoms with E-state index in [1.54, 1.807) is 23.4 Å². The standard InChI is InChI=1S/C12H11N5O/c1-17(8-9-2-4-14-5-3-9)11-6-10(7-13)15-12(18)16-11/h2-6H,8H2,1H3,(H,15,16,18). The third-order valence-corrected chi connectivity index (χ3v) is 2.41. The number of rotatable bonds is 3. The van der Waals surface area contributed by atoms with Crippen molar-refractivity contribution in [3.63, 3.8) is 0 Å². The lowest BCUT2D eigenvalue weighted by Crippen LogP contribution is -2.22. The zero-order valence-corrected chi connectivity index (χ0v) is 9.79. The highest BCUT2D eigenvalue weighted by atomic mass is 16.1. The molecule has 0 aliphatic carbocycles. The third kappa shape index (κ3) is 2.71. The molecule has 0 saturated carbocycles. The lowest BCUT2D eigenvalue weighted by molar-refractivity contribution is 0.876. The van der Waals surface area contributed by atoms with Crippen LogP contribution in [0.1, 0.15) is 11.3 Å². The summed E-state index contributed by atoms with van der Waals surface area (Å²) in [6, 6.07) is 7.21. The van der Waals surface area contributed by atoms with Gasteiger partial charge in [0.15, 0.2) is 0 Å². The summed E-state index contributed by atoms with van der Waals surface area (Å²) in [5.74, 6) is 0.465. The molecule has 0 aliphatic rings. The SMILES string of the molecule is CN(Cc1ccncc1)c1cc(C#N)[nH]c(=O)n1. The molecule has 2 aromatic rings. The predicted molar refractivity (Wildman–Crippen MR) is 65.9 cm³/mol. The summed E-state index contributed by atoms with van der Waals surface area (Å²) < 4.78 is 0. The first-order valence-electron chi connectivity index (χ1n) is 5.30. The highest BCUT2D eigenvalue weighted by Gasteiger charge is 2.06. The van der Waals surface area contributed by atoms with Crippen molar-refractivity contribution < 1.29 is 0 Å². The minimum atomic E-state index is -0.523. The molecule has 0 aromatic carbocycles. The number of anilines is 1. The Kier molecular flexibility index (Phi) is 3.34. The molecule has 0 unspecified atom stereocenters. The van der Waals surface area contributed by atoms with Crippen LogP contribution in [0.25, 0.3) is 0 Å². The van der Waals surface area contributed by atoms with Crippen LogP contribution in [0, 0.1) is 11.3 Å². The minimum absolute atomic E-state index is 0.201. The predicted octanol–water partition coefficient (Wildman–Crippen LogP) is 0.673. The second kappa shape index (κ2) is 5.10. The Labute approximate surface area is 104 Å². The Hall–Kier alpha value is -2.68. The quantitative estimate of drug-likeness (QED) is 0.853. The smallest absolute Gasteiger partial charge is 0.347 e. The van der Waals surface area contributed by atoms with E-state index < -0.39 is 5.69 Å². The van der Waals surface area contributed by atoms with Crippen LogP contribution in [0.2, 0.25) is 0 Å². The molecule has 0 atom stereocenters. The molecule has 0 fully saturated rings. The maximum absolute atomic E-state index is 11.3. The van der Waals surface area contributed by atoms with Crippen LogP contribution >= 0.6 is 0 Å². The van der Waals surface area contributed by atoms with Gasteiger partial charge in [-0.1, -0.05) is 0 Å². The molecule has 6 nitrogen and oxygen atoms in total. The molecule has 2 rings (SSSR count). The molecule has 0 bridgehead atoms. The molecular weight excluding hydrogens is 230 g/mol. The van der Waals surface area contributed by atoms with Crippen molar-refractivity contribution in [3.8, 4) is 6.07 Å². The first-order valence-corrected chi connectivity index (χ1v) is 5.30. The summed E-state index contributed by atoms with van der Waals surface area (Å²) in [6.45, 7) is 0.587. The summed E-state index contributed by atoms with van der Waals surface area (Å²) in [7, 11) is 1.81. The van der Waals surface area contributed by atoms with Gasteiger partial charge in [-0.15, -0.1) is 0 Å². The van der Waals surface area contributed by atoms with Gasteiger partial charge in [0.05, 0.1) is 0 Å². The number of hydrogen-bond donors (Lipinski definition) is 1. The number of nitrogens with one attached hydrogen (secondary N) is 1. The zero-order chi connectivity index (χ0) is 13.0. The van der Waals surface area contributed by atoms with Gasteiger partial charge >= 0.3 is 5.69 Å². The lowest BCUT2D eigenvalue weighted by atomic mass is 10.2. The summed E-state index contributed by atoms with van der Waals surface area (Å²) >= 11 is 0. The normalized spacial score (nSPS) is 9.78. The van der Waals surface area contributed by atoms with Gasteiger partial charge in [0.25, 0.3) is 0 Å². The van der Waals surface area contributed by atoms with Crippen LogP contribution in [0.3, 0.4) is 0 Å². The number of H-pyrrole nitrogens is 1. The fourth-order valence-electron chi connectivity index (χ4n) is 1.54. The molecule has 18 heavy (non-hydrogen) atoms. The van der Waals surface area contributed by atoms with Crippen molar-refractivity contribution in [2.45, 2.75) is 6.54 Å². The molecule has 0 saturated heterocycles. The van der Waals surface area contributed by atoms with E-state index in [-0.39, 0.29) is 5.69 Å². The molecule has 0 radical (unpaired) electrons. The van der Waals surface area contributed by atoms with Crippen molar-refractivity contribution in [1.29, 1.82) is 5.26 Å². The van der Waals surface area contributed by atoms with Crippen molar-refractivity contribution in [2.75, 3.05) is 11.9 Å². The third-order valence-electron chi connectivity index (χ3n) is 2.41. The number of nitriles is 1. The second-order valence-corrected chi connectivity index (χ2v) is 3.78. The molecule has 0 aliphatic heterocycles. The lowest BCUT2D eigenvalue weighted by Gasteiger charge is -2.17. The Morgan fingerprint density at radius 2 is 2.17 bits per heavy atom. The van der Waals surface area contributed by atoms with E-state index in [0.29, 0.717) is 12.4 Å². The molecule has 0 spiro atoms. The number of pyridine rings is 1. The van der Waals surface area contributed by atoms with Gasteiger partial charge in [0.2, 0.25) is 0 Å². The molecule has 1 N–H and O–H groups in total. The van der Waals surface area contributed by atoms with Crippen LogP contribution < -0.4 is 10.6 Å². The van der Waals surface area contributed by atoms with Gasteiger partial charge in [0, 0.05) is 32.1 Å². The Morgan fingerprint density at radius 3 is 2.83 bits per heavy atom. The summed E-state index contributed by atoms with van der Waals surface area (Å²) in [5.41, 5.74) is 0.727. The van der Waals surface area contributed by atoms with Crippen LogP contribution in [0.4, 0.5) is 5.82 Å². The molecule has 6 heteroatoms. The molecule has 90 valence electrons. The van der Waals surface area contributed by atoms with Gasteiger partial charge in [-0.3, -0.25) is 9.97 Å². The topological polar surface area (TPSA) is 85.7 Å². The van der Waals surface area contributed by atoms with E-state index in [9.17, 15) is 4.79 Å². The largest absolute Gasteiger partial charge is 0.355 e. The van der Waals surface area contributed by atoms with Crippen LogP contribution in [0.5, 0.6) is 0 Å². The maximum Gasteiger partial charge on any atom is 0.347 e. The van der Waals surface area contributed by atoms with Gasteiger partial charge in [-0.25, -0.2) is 4.79 Å². The summed E-state index contributed by atoms with van der Waals surface area (Å²) in [5, 5.41) is 8.78. The number of aromatic amines is 1. The van der Waals surface area contributed by atoms with Crippen molar-refractivity contribution in [2.24, 2.45) is 0 Å². The Bertz CT molecular complexity index is 629. The van der Waals surface area contributed by atoms with E-state index in [1.165, 1.54) is 0 Å². The van der Waals surface area contributed by atoms with Crippen molar-refractivity contribution in [3.05, 3.63) is 52.3 Å². The number of aromatic nitrogens is 3. The first kappa shape index (κ1) is 11.8.